The zero-order valence-corrected chi connectivity index (χ0v) is 16.0. The van der Waals surface area contributed by atoms with E-state index in [1.165, 1.54) is 0 Å². The fourth-order valence-electron chi connectivity index (χ4n) is 2.91. The van der Waals surface area contributed by atoms with Gasteiger partial charge in [-0.3, -0.25) is 15.4 Å². The first-order valence-corrected chi connectivity index (χ1v) is 9.14. The van der Waals surface area contributed by atoms with Crippen molar-refractivity contribution in [3.63, 3.8) is 0 Å². The molecule has 0 aliphatic carbocycles. The Morgan fingerprint density at radius 1 is 1.22 bits per heavy atom. The first-order chi connectivity index (χ1) is 12.8. The van der Waals surface area contributed by atoms with E-state index in [1.54, 1.807) is 10.7 Å². The smallest absolute Gasteiger partial charge is 0.320 e. The molecule has 8 heteroatoms. The largest absolute Gasteiger partial charge is 0.336 e. The summed E-state index contributed by atoms with van der Waals surface area (Å²) >= 11 is 0. The minimum atomic E-state index is -0.546. The maximum atomic E-state index is 12.3. The van der Waals surface area contributed by atoms with Gasteiger partial charge in [-0.2, -0.15) is 5.10 Å². The molecule has 4 N–H and O–H groups in total. The van der Waals surface area contributed by atoms with Crippen molar-refractivity contribution in [1.29, 1.82) is 0 Å². The van der Waals surface area contributed by atoms with Gasteiger partial charge in [0, 0.05) is 23.7 Å². The van der Waals surface area contributed by atoms with Crippen molar-refractivity contribution in [2.75, 3.05) is 5.32 Å². The normalized spacial score (nSPS) is 22.4. The SMILES string of the molecule is CC(C)NC(=O)Nc1cc(-c2ccccc2)nn1C1NC(=O)C(C)C(C)N1. The van der Waals surface area contributed by atoms with Gasteiger partial charge >= 0.3 is 6.03 Å². The van der Waals surface area contributed by atoms with Crippen LogP contribution in [-0.4, -0.2) is 33.8 Å². The second-order valence-electron chi connectivity index (χ2n) is 7.13. The van der Waals surface area contributed by atoms with Crippen LogP contribution in [0.1, 0.15) is 34.0 Å². The molecular formula is C19H26N6O2. The van der Waals surface area contributed by atoms with Gasteiger partial charge in [0.1, 0.15) is 5.82 Å². The molecule has 144 valence electrons. The molecule has 1 saturated heterocycles. The molecule has 3 atom stereocenters. The minimum absolute atomic E-state index is 0.00310. The maximum absolute atomic E-state index is 12.3. The van der Waals surface area contributed by atoms with Crippen molar-refractivity contribution in [2.45, 2.75) is 46.1 Å². The van der Waals surface area contributed by atoms with E-state index in [9.17, 15) is 9.59 Å². The first kappa shape index (κ1) is 18.9. The Morgan fingerprint density at radius 3 is 2.56 bits per heavy atom. The van der Waals surface area contributed by atoms with Crippen molar-refractivity contribution in [3.05, 3.63) is 36.4 Å². The van der Waals surface area contributed by atoms with Crippen LogP contribution >= 0.6 is 0 Å². The van der Waals surface area contributed by atoms with E-state index in [2.05, 4.69) is 26.4 Å². The van der Waals surface area contributed by atoms with Gasteiger partial charge in [0.25, 0.3) is 0 Å². The first-order valence-electron chi connectivity index (χ1n) is 9.14. The van der Waals surface area contributed by atoms with Crippen molar-refractivity contribution in [2.24, 2.45) is 5.92 Å². The van der Waals surface area contributed by atoms with Gasteiger partial charge in [-0.25, -0.2) is 9.48 Å². The molecule has 0 radical (unpaired) electrons. The summed E-state index contributed by atoms with van der Waals surface area (Å²) in [5, 5.41) is 16.5. The van der Waals surface area contributed by atoms with Gasteiger partial charge in [-0.1, -0.05) is 37.3 Å². The fourth-order valence-corrected chi connectivity index (χ4v) is 2.91. The molecule has 0 spiro atoms. The molecule has 8 nitrogen and oxygen atoms in total. The highest BCUT2D eigenvalue weighted by atomic mass is 16.2. The average molecular weight is 370 g/mol. The van der Waals surface area contributed by atoms with E-state index >= 15 is 0 Å². The number of amides is 3. The Morgan fingerprint density at radius 2 is 1.93 bits per heavy atom. The van der Waals surface area contributed by atoms with E-state index in [0.29, 0.717) is 11.5 Å². The van der Waals surface area contributed by atoms with Gasteiger partial charge in [0.05, 0.1) is 11.6 Å². The Bertz CT molecular complexity index is 817. The molecular weight excluding hydrogens is 344 g/mol. The van der Waals surface area contributed by atoms with Gasteiger partial charge in [-0.15, -0.1) is 0 Å². The van der Waals surface area contributed by atoms with Gasteiger partial charge in [-0.05, 0) is 20.8 Å². The lowest BCUT2D eigenvalue weighted by atomic mass is 10.0. The molecule has 2 aromatic rings. The second-order valence-corrected chi connectivity index (χ2v) is 7.13. The summed E-state index contributed by atoms with van der Waals surface area (Å²) in [7, 11) is 0. The van der Waals surface area contributed by atoms with E-state index < -0.39 is 6.29 Å². The number of urea groups is 1. The van der Waals surface area contributed by atoms with Crippen LogP contribution in [0, 0.1) is 5.92 Å². The lowest BCUT2D eigenvalue weighted by molar-refractivity contribution is -0.130. The van der Waals surface area contributed by atoms with Crippen LogP contribution in [0.15, 0.2) is 36.4 Å². The zero-order valence-electron chi connectivity index (χ0n) is 16.0. The summed E-state index contributed by atoms with van der Waals surface area (Å²) in [6, 6.07) is 11.1. The highest BCUT2D eigenvalue weighted by molar-refractivity contribution is 5.89. The standard InChI is InChI=1S/C19H26N6O2/c1-11(2)20-19(27)22-16-10-15(14-8-6-5-7-9-14)24-25(16)18-21-13(4)12(3)17(26)23-18/h5-13,18,21H,1-4H3,(H,23,26)(H2,20,22,27). The molecule has 1 fully saturated rings. The number of hydrogen-bond donors (Lipinski definition) is 4. The zero-order chi connectivity index (χ0) is 19.6. The number of carbonyl (C=O) groups excluding carboxylic acids is 2. The lowest BCUT2D eigenvalue weighted by Gasteiger charge is -2.34. The summed E-state index contributed by atoms with van der Waals surface area (Å²) in [5.41, 5.74) is 1.63. The number of hydrogen-bond acceptors (Lipinski definition) is 4. The van der Waals surface area contributed by atoms with Crippen LogP contribution < -0.4 is 21.3 Å². The van der Waals surface area contributed by atoms with Gasteiger partial charge < -0.3 is 10.6 Å². The number of benzene rings is 1. The molecule has 1 aromatic heterocycles. The number of nitrogens with zero attached hydrogens (tertiary/aromatic N) is 2. The maximum Gasteiger partial charge on any atom is 0.320 e. The highest BCUT2D eigenvalue weighted by Gasteiger charge is 2.32. The highest BCUT2D eigenvalue weighted by Crippen LogP contribution is 2.25. The molecule has 1 aliphatic heterocycles. The topological polar surface area (TPSA) is 100 Å². The predicted molar refractivity (Wildman–Crippen MR) is 104 cm³/mol. The molecule has 1 aliphatic rings. The van der Waals surface area contributed by atoms with Crippen LogP contribution in [0.5, 0.6) is 0 Å². The second kappa shape index (κ2) is 7.79. The third-order valence-corrected chi connectivity index (χ3v) is 4.57. The summed E-state index contributed by atoms with van der Waals surface area (Å²) < 4.78 is 1.60. The fraction of sp³-hybridized carbons (Fsp3) is 0.421. The lowest BCUT2D eigenvalue weighted by Crippen LogP contribution is -2.57. The molecule has 3 amide bonds. The van der Waals surface area contributed by atoms with Crippen molar-refractivity contribution >= 4 is 17.8 Å². The van der Waals surface area contributed by atoms with E-state index in [4.69, 9.17) is 0 Å². The summed E-state index contributed by atoms with van der Waals surface area (Å²) in [6.45, 7) is 7.60. The average Bonchev–Trinajstić information content (AvgIpc) is 3.03. The molecule has 3 unspecified atom stereocenters. The van der Waals surface area contributed by atoms with Crippen molar-refractivity contribution in [1.82, 2.24) is 25.7 Å². The molecule has 2 heterocycles. The summed E-state index contributed by atoms with van der Waals surface area (Å²) in [4.78, 5) is 24.5. The number of carbonyl (C=O) groups is 2. The third kappa shape index (κ3) is 4.28. The van der Waals surface area contributed by atoms with Gasteiger partial charge in [0.15, 0.2) is 6.29 Å². The van der Waals surface area contributed by atoms with E-state index in [1.807, 2.05) is 58.0 Å². The summed E-state index contributed by atoms with van der Waals surface area (Å²) in [6.07, 6.45) is -0.546. The Kier molecular flexibility index (Phi) is 5.46. The van der Waals surface area contributed by atoms with Gasteiger partial charge in [0.2, 0.25) is 5.91 Å². The predicted octanol–water partition coefficient (Wildman–Crippen LogP) is 2.28. The van der Waals surface area contributed by atoms with Crippen molar-refractivity contribution < 1.29 is 9.59 Å². The Labute approximate surface area is 158 Å². The van der Waals surface area contributed by atoms with Crippen LogP contribution in [0.4, 0.5) is 10.6 Å². The van der Waals surface area contributed by atoms with Crippen LogP contribution in [-0.2, 0) is 4.79 Å². The van der Waals surface area contributed by atoms with Crippen LogP contribution in [0.2, 0.25) is 0 Å². The summed E-state index contributed by atoms with van der Waals surface area (Å²) in [5.74, 6) is 0.290. The Balaban J connectivity index is 1.94. The van der Waals surface area contributed by atoms with E-state index in [-0.39, 0.29) is 29.9 Å². The Hall–Kier alpha value is -2.87. The van der Waals surface area contributed by atoms with Crippen LogP contribution in [0.25, 0.3) is 11.3 Å². The number of aromatic nitrogens is 2. The quantitative estimate of drug-likeness (QED) is 0.663. The minimum Gasteiger partial charge on any atom is -0.336 e. The molecule has 27 heavy (non-hydrogen) atoms. The number of anilines is 1. The third-order valence-electron chi connectivity index (χ3n) is 4.57. The number of rotatable bonds is 4. The van der Waals surface area contributed by atoms with Crippen LogP contribution in [0.3, 0.4) is 0 Å². The molecule has 0 bridgehead atoms. The van der Waals surface area contributed by atoms with Crippen molar-refractivity contribution in [3.8, 4) is 11.3 Å². The molecule has 3 rings (SSSR count). The monoisotopic (exact) mass is 370 g/mol. The molecule has 0 saturated carbocycles. The molecule has 1 aromatic carbocycles. The van der Waals surface area contributed by atoms with E-state index in [0.717, 1.165) is 5.56 Å². The number of nitrogens with one attached hydrogen (secondary N) is 4.